The lowest BCUT2D eigenvalue weighted by molar-refractivity contribution is 0.0994. The van der Waals surface area contributed by atoms with Crippen molar-refractivity contribution in [2.75, 3.05) is 5.33 Å². The Labute approximate surface area is 90.0 Å². The number of rotatable bonds is 2. The maximum atomic E-state index is 11.5. The van der Waals surface area contributed by atoms with Crippen LogP contribution in [0.4, 0.5) is 0 Å². The number of alkyl halides is 1. The molecule has 0 fully saturated rings. The Bertz CT molecular complexity index is 485. The zero-order valence-corrected chi connectivity index (χ0v) is 9.30. The van der Waals surface area contributed by atoms with Crippen LogP contribution in [0.5, 0.6) is 0 Å². The molecule has 0 saturated heterocycles. The zero-order valence-electron chi connectivity index (χ0n) is 7.71. The maximum Gasteiger partial charge on any atom is 0.208 e. The van der Waals surface area contributed by atoms with Crippen LogP contribution in [0.2, 0.25) is 0 Å². The third-order valence-corrected chi connectivity index (χ3v) is 2.73. The van der Waals surface area contributed by atoms with Gasteiger partial charge in [-0.05, 0) is 13.0 Å². The summed E-state index contributed by atoms with van der Waals surface area (Å²) in [6, 6.07) is 7.66. The highest BCUT2D eigenvalue weighted by Gasteiger charge is 2.15. The first-order valence-corrected chi connectivity index (χ1v) is 5.43. The van der Waals surface area contributed by atoms with Crippen LogP contribution in [0.25, 0.3) is 11.0 Å². The Hall–Kier alpha value is -1.09. The predicted molar refractivity (Wildman–Crippen MR) is 59.1 cm³/mol. The number of benzene rings is 1. The number of para-hydroxylation sites is 1. The molecule has 14 heavy (non-hydrogen) atoms. The fourth-order valence-corrected chi connectivity index (χ4v) is 1.76. The third-order valence-electron chi connectivity index (χ3n) is 2.22. The highest BCUT2D eigenvalue weighted by atomic mass is 79.9. The van der Waals surface area contributed by atoms with Gasteiger partial charge in [-0.3, -0.25) is 4.79 Å². The van der Waals surface area contributed by atoms with Crippen LogP contribution < -0.4 is 0 Å². The monoisotopic (exact) mass is 252 g/mol. The Balaban J connectivity index is 2.68. The van der Waals surface area contributed by atoms with Gasteiger partial charge in [-0.15, -0.1) is 0 Å². The van der Waals surface area contributed by atoms with E-state index >= 15 is 0 Å². The molecule has 0 unspecified atom stereocenters. The van der Waals surface area contributed by atoms with E-state index in [-0.39, 0.29) is 5.78 Å². The maximum absolute atomic E-state index is 11.5. The minimum Gasteiger partial charge on any atom is -0.453 e. The fraction of sp³-hybridized carbons (Fsp3) is 0.182. The van der Waals surface area contributed by atoms with Crippen LogP contribution in [0, 0.1) is 6.92 Å². The summed E-state index contributed by atoms with van der Waals surface area (Å²) in [5, 5.41) is 1.31. The van der Waals surface area contributed by atoms with E-state index in [0.717, 1.165) is 16.5 Å². The standard InChI is InChI=1S/C11H9BrO2/c1-7-8-4-2-3-5-10(8)14-11(7)9(13)6-12/h2-5H,6H2,1H3. The van der Waals surface area contributed by atoms with Crippen LogP contribution in [-0.2, 0) is 0 Å². The summed E-state index contributed by atoms with van der Waals surface area (Å²) in [5.74, 6) is 0.446. The molecule has 1 aromatic heterocycles. The highest BCUT2D eigenvalue weighted by Crippen LogP contribution is 2.25. The Morgan fingerprint density at radius 2 is 2.14 bits per heavy atom. The molecular formula is C11H9BrO2. The lowest BCUT2D eigenvalue weighted by Gasteiger charge is -1.91. The first kappa shape index (κ1) is 9.46. The van der Waals surface area contributed by atoms with E-state index in [9.17, 15) is 4.79 Å². The van der Waals surface area contributed by atoms with E-state index in [4.69, 9.17) is 4.42 Å². The second-order valence-electron chi connectivity index (χ2n) is 3.11. The molecule has 0 aliphatic carbocycles. The highest BCUT2D eigenvalue weighted by molar-refractivity contribution is 9.09. The SMILES string of the molecule is Cc1c(C(=O)CBr)oc2ccccc12. The molecule has 0 bridgehead atoms. The van der Waals surface area contributed by atoms with Crippen molar-refractivity contribution in [3.8, 4) is 0 Å². The van der Waals surface area contributed by atoms with Gasteiger partial charge in [0.15, 0.2) is 5.76 Å². The average molecular weight is 253 g/mol. The van der Waals surface area contributed by atoms with Crippen LogP contribution >= 0.6 is 15.9 Å². The van der Waals surface area contributed by atoms with Gasteiger partial charge in [0.05, 0.1) is 5.33 Å². The Morgan fingerprint density at radius 1 is 1.43 bits per heavy atom. The number of furan rings is 1. The van der Waals surface area contributed by atoms with E-state index in [1.54, 1.807) is 0 Å². The molecule has 2 rings (SSSR count). The van der Waals surface area contributed by atoms with Crippen molar-refractivity contribution >= 4 is 32.7 Å². The molecule has 1 aromatic carbocycles. The van der Waals surface area contributed by atoms with E-state index < -0.39 is 0 Å². The molecule has 0 amide bonds. The minimum absolute atomic E-state index is 0.0151. The van der Waals surface area contributed by atoms with Crippen LogP contribution in [0.3, 0.4) is 0 Å². The smallest absolute Gasteiger partial charge is 0.208 e. The number of halogens is 1. The van der Waals surface area contributed by atoms with Gasteiger partial charge < -0.3 is 4.42 Å². The number of carbonyl (C=O) groups excluding carboxylic acids is 1. The van der Waals surface area contributed by atoms with Crippen LogP contribution in [0.15, 0.2) is 28.7 Å². The topological polar surface area (TPSA) is 30.2 Å². The van der Waals surface area contributed by atoms with Crippen molar-refractivity contribution in [3.05, 3.63) is 35.6 Å². The molecular weight excluding hydrogens is 244 g/mol. The molecule has 0 aliphatic rings. The Kier molecular flexibility index (Phi) is 2.42. The van der Waals surface area contributed by atoms with Gasteiger partial charge in [0, 0.05) is 10.9 Å². The second kappa shape index (κ2) is 3.58. The second-order valence-corrected chi connectivity index (χ2v) is 3.67. The predicted octanol–water partition coefficient (Wildman–Crippen LogP) is 3.32. The number of ketones is 1. The van der Waals surface area contributed by atoms with Gasteiger partial charge in [-0.25, -0.2) is 0 Å². The third kappa shape index (κ3) is 1.38. The van der Waals surface area contributed by atoms with E-state index in [1.807, 2.05) is 31.2 Å². The van der Waals surface area contributed by atoms with Crippen LogP contribution in [-0.4, -0.2) is 11.1 Å². The number of hydrogen-bond acceptors (Lipinski definition) is 2. The average Bonchev–Trinajstić information content (AvgIpc) is 2.56. The molecule has 0 N–H and O–H groups in total. The van der Waals surface area contributed by atoms with Crippen molar-refractivity contribution in [2.45, 2.75) is 6.92 Å². The summed E-state index contributed by atoms with van der Waals surface area (Å²) in [5.41, 5.74) is 1.69. The van der Waals surface area contributed by atoms with Crippen molar-refractivity contribution in [1.29, 1.82) is 0 Å². The van der Waals surface area contributed by atoms with Crippen molar-refractivity contribution in [2.24, 2.45) is 0 Å². The number of carbonyl (C=O) groups is 1. The summed E-state index contributed by atoms with van der Waals surface area (Å²) in [6.45, 7) is 1.90. The van der Waals surface area contributed by atoms with Gasteiger partial charge in [-0.2, -0.15) is 0 Å². The quantitative estimate of drug-likeness (QED) is 0.607. The summed E-state index contributed by atoms with van der Waals surface area (Å²) in [4.78, 5) is 11.5. The molecule has 1 heterocycles. The molecule has 72 valence electrons. The zero-order chi connectivity index (χ0) is 10.1. The van der Waals surface area contributed by atoms with Crippen molar-refractivity contribution in [3.63, 3.8) is 0 Å². The van der Waals surface area contributed by atoms with Gasteiger partial charge in [0.2, 0.25) is 5.78 Å². The van der Waals surface area contributed by atoms with Gasteiger partial charge in [0.1, 0.15) is 5.58 Å². The van der Waals surface area contributed by atoms with Crippen LogP contribution in [0.1, 0.15) is 16.1 Å². The number of hydrogen-bond donors (Lipinski definition) is 0. The molecule has 2 aromatic rings. The normalized spacial score (nSPS) is 10.7. The van der Waals surface area contributed by atoms with Gasteiger partial charge in [-0.1, -0.05) is 34.1 Å². The van der Waals surface area contributed by atoms with E-state index in [2.05, 4.69) is 15.9 Å². The molecule has 3 heteroatoms. The lowest BCUT2D eigenvalue weighted by Crippen LogP contribution is -1.99. The summed E-state index contributed by atoms with van der Waals surface area (Å²) in [6.07, 6.45) is 0. The van der Waals surface area contributed by atoms with Gasteiger partial charge in [0.25, 0.3) is 0 Å². The molecule has 0 spiro atoms. The molecule has 0 aliphatic heterocycles. The number of Topliss-reactive ketones (excluding diaryl/α,β-unsaturated/α-hetero) is 1. The van der Waals surface area contributed by atoms with Crippen molar-refractivity contribution < 1.29 is 9.21 Å². The first-order valence-electron chi connectivity index (χ1n) is 4.31. The van der Waals surface area contributed by atoms with Crippen molar-refractivity contribution in [1.82, 2.24) is 0 Å². The molecule has 2 nitrogen and oxygen atoms in total. The van der Waals surface area contributed by atoms with Gasteiger partial charge >= 0.3 is 0 Å². The number of aryl methyl sites for hydroxylation is 1. The largest absolute Gasteiger partial charge is 0.453 e. The molecule has 0 atom stereocenters. The molecule has 0 radical (unpaired) electrons. The van der Waals surface area contributed by atoms with E-state index in [0.29, 0.717) is 11.1 Å². The summed E-state index contributed by atoms with van der Waals surface area (Å²) in [7, 11) is 0. The summed E-state index contributed by atoms with van der Waals surface area (Å²) < 4.78 is 5.47. The minimum atomic E-state index is -0.0151. The number of fused-ring (bicyclic) bond motifs is 1. The van der Waals surface area contributed by atoms with E-state index in [1.165, 1.54) is 0 Å². The lowest BCUT2D eigenvalue weighted by atomic mass is 10.1. The summed E-state index contributed by atoms with van der Waals surface area (Å²) >= 11 is 3.13. The first-order chi connectivity index (χ1) is 6.74. The Morgan fingerprint density at radius 3 is 2.79 bits per heavy atom. The fourth-order valence-electron chi connectivity index (χ4n) is 1.50. The molecule has 0 saturated carbocycles.